The molecule has 166 valence electrons. The summed E-state index contributed by atoms with van der Waals surface area (Å²) < 4.78 is 27.1. The number of hydrogen-bond donors (Lipinski definition) is 3. The van der Waals surface area contributed by atoms with Crippen molar-refractivity contribution in [2.24, 2.45) is 5.92 Å². The lowest BCUT2D eigenvalue weighted by Crippen LogP contribution is -2.37. The van der Waals surface area contributed by atoms with Gasteiger partial charge in [-0.1, -0.05) is 42.5 Å². The topological polar surface area (TPSA) is 104 Å². The van der Waals surface area contributed by atoms with Crippen LogP contribution in [0.1, 0.15) is 12.8 Å². The lowest BCUT2D eigenvalue weighted by Gasteiger charge is -2.21. The van der Waals surface area contributed by atoms with Gasteiger partial charge in [0.25, 0.3) is 0 Å². The molecular weight excluding hydrogens is 448 g/mol. The molecule has 1 aromatic heterocycles. The Bertz CT molecular complexity index is 1390. The van der Waals surface area contributed by atoms with Crippen molar-refractivity contribution in [3.05, 3.63) is 60.7 Å². The molecule has 1 aliphatic heterocycles. The van der Waals surface area contributed by atoms with Gasteiger partial charge in [-0.25, -0.2) is 8.42 Å². The van der Waals surface area contributed by atoms with Gasteiger partial charge in [0, 0.05) is 17.3 Å². The Kier molecular flexibility index (Phi) is 6.19. The molecule has 0 bridgehead atoms. The number of hydrogen-bond acceptors (Lipinski definition) is 5. The highest BCUT2D eigenvalue weighted by molar-refractivity contribution is 7.91. The third-order valence-electron chi connectivity index (χ3n) is 5.78. The van der Waals surface area contributed by atoms with E-state index in [0.717, 1.165) is 24.8 Å². The Hall–Kier alpha value is -2.94. The number of fused-ring (bicyclic) bond motifs is 2. The molecule has 3 N–H and O–H groups in total. The van der Waals surface area contributed by atoms with Crippen molar-refractivity contribution in [1.82, 2.24) is 15.5 Å². The molecular formula is C23H23ClN4O3S. The SMILES string of the molecule is Cl.O=C(Nc1cccc2c(S(=O)(=O)c3cccc4ccccc34)[nH]nc12)C1CCCNC1. The quantitative estimate of drug-likeness (QED) is 0.419. The van der Waals surface area contributed by atoms with Gasteiger partial charge in [0.1, 0.15) is 5.52 Å². The zero-order valence-corrected chi connectivity index (χ0v) is 18.8. The van der Waals surface area contributed by atoms with Crippen molar-refractivity contribution in [2.75, 3.05) is 18.4 Å². The summed E-state index contributed by atoms with van der Waals surface area (Å²) in [6.45, 7) is 1.57. The summed E-state index contributed by atoms with van der Waals surface area (Å²) in [5.74, 6) is -0.192. The number of piperidine rings is 1. The van der Waals surface area contributed by atoms with Crippen LogP contribution in [0.25, 0.3) is 21.7 Å². The van der Waals surface area contributed by atoms with Crippen LogP contribution in [-0.4, -0.2) is 37.6 Å². The van der Waals surface area contributed by atoms with Crippen molar-refractivity contribution in [2.45, 2.75) is 22.8 Å². The Labute approximate surface area is 191 Å². The minimum absolute atomic E-state index is 0. The minimum atomic E-state index is -3.86. The highest BCUT2D eigenvalue weighted by Crippen LogP contribution is 2.33. The fraction of sp³-hybridized carbons (Fsp3) is 0.217. The number of nitrogens with zero attached hydrogens (tertiary/aromatic N) is 1. The van der Waals surface area contributed by atoms with Gasteiger partial charge in [0.2, 0.25) is 15.7 Å². The first-order valence-corrected chi connectivity index (χ1v) is 11.8. The summed E-state index contributed by atoms with van der Waals surface area (Å²) in [4.78, 5) is 12.9. The van der Waals surface area contributed by atoms with E-state index in [4.69, 9.17) is 0 Å². The molecule has 4 aromatic rings. The van der Waals surface area contributed by atoms with Crippen molar-refractivity contribution < 1.29 is 13.2 Å². The first-order chi connectivity index (χ1) is 15.1. The van der Waals surface area contributed by atoms with Gasteiger partial charge in [-0.15, -0.1) is 12.4 Å². The molecule has 2 heterocycles. The molecule has 32 heavy (non-hydrogen) atoms. The van der Waals surface area contributed by atoms with Crippen molar-refractivity contribution in [3.63, 3.8) is 0 Å². The van der Waals surface area contributed by atoms with E-state index < -0.39 is 9.84 Å². The Morgan fingerprint density at radius 1 is 1.00 bits per heavy atom. The van der Waals surface area contributed by atoms with Gasteiger partial charge < -0.3 is 10.6 Å². The fourth-order valence-corrected chi connectivity index (χ4v) is 5.74. The van der Waals surface area contributed by atoms with Gasteiger partial charge in [-0.05, 0) is 43.0 Å². The molecule has 1 fully saturated rings. The second-order valence-electron chi connectivity index (χ2n) is 7.77. The van der Waals surface area contributed by atoms with E-state index in [1.165, 1.54) is 0 Å². The van der Waals surface area contributed by atoms with E-state index in [2.05, 4.69) is 20.8 Å². The maximum absolute atomic E-state index is 13.5. The van der Waals surface area contributed by atoms with Gasteiger partial charge in [-0.3, -0.25) is 9.89 Å². The number of carbonyl (C=O) groups excluding carboxylic acids is 1. The summed E-state index contributed by atoms with van der Waals surface area (Å²) >= 11 is 0. The van der Waals surface area contributed by atoms with E-state index in [0.29, 0.717) is 28.5 Å². The van der Waals surface area contributed by atoms with Gasteiger partial charge in [0.05, 0.1) is 16.5 Å². The zero-order chi connectivity index (χ0) is 21.4. The molecule has 1 atom stereocenters. The molecule has 1 aliphatic rings. The highest BCUT2D eigenvalue weighted by Gasteiger charge is 2.27. The van der Waals surface area contributed by atoms with Crippen LogP contribution in [0.2, 0.25) is 0 Å². The van der Waals surface area contributed by atoms with Crippen LogP contribution in [0.4, 0.5) is 5.69 Å². The third-order valence-corrected chi connectivity index (χ3v) is 7.57. The number of anilines is 1. The number of amides is 1. The number of H-pyrrole nitrogens is 1. The molecule has 1 amide bonds. The molecule has 0 saturated carbocycles. The number of aromatic nitrogens is 2. The first kappa shape index (κ1) is 22.3. The van der Waals surface area contributed by atoms with Crippen LogP contribution in [0.3, 0.4) is 0 Å². The van der Waals surface area contributed by atoms with Crippen LogP contribution in [0, 0.1) is 5.92 Å². The summed E-state index contributed by atoms with van der Waals surface area (Å²) in [5.41, 5.74) is 0.933. The van der Waals surface area contributed by atoms with Crippen LogP contribution < -0.4 is 10.6 Å². The van der Waals surface area contributed by atoms with Crippen LogP contribution in [0.15, 0.2) is 70.6 Å². The molecule has 3 aromatic carbocycles. The van der Waals surface area contributed by atoms with E-state index in [1.54, 1.807) is 36.4 Å². The molecule has 0 spiro atoms. The average molecular weight is 471 g/mol. The lowest BCUT2D eigenvalue weighted by molar-refractivity contribution is -0.120. The molecule has 7 nitrogen and oxygen atoms in total. The lowest BCUT2D eigenvalue weighted by atomic mass is 9.99. The summed E-state index contributed by atoms with van der Waals surface area (Å²) in [6, 6.07) is 17.8. The predicted molar refractivity (Wildman–Crippen MR) is 127 cm³/mol. The average Bonchev–Trinajstić information content (AvgIpc) is 3.25. The van der Waals surface area contributed by atoms with Gasteiger partial charge in [0.15, 0.2) is 5.03 Å². The number of carbonyl (C=O) groups is 1. The monoisotopic (exact) mass is 470 g/mol. The van der Waals surface area contributed by atoms with Gasteiger partial charge in [-0.2, -0.15) is 5.10 Å². The van der Waals surface area contributed by atoms with E-state index >= 15 is 0 Å². The van der Waals surface area contributed by atoms with E-state index in [-0.39, 0.29) is 34.2 Å². The zero-order valence-electron chi connectivity index (χ0n) is 17.2. The number of nitrogens with one attached hydrogen (secondary N) is 3. The van der Waals surface area contributed by atoms with Crippen LogP contribution in [0.5, 0.6) is 0 Å². The Balaban J connectivity index is 0.00000245. The second kappa shape index (κ2) is 8.90. The minimum Gasteiger partial charge on any atom is -0.324 e. The third kappa shape index (κ3) is 3.85. The van der Waals surface area contributed by atoms with Crippen molar-refractivity contribution in [3.8, 4) is 0 Å². The number of para-hydroxylation sites is 1. The largest absolute Gasteiger partial charge is 0.324 e. The molecule has 1 saturated heterocycles. The number of sulfone groups is 1. The Morgan fingerprint density at radius 3 is 2.56 bits per heavy atom. The number of aromatic amines is 1. The maximum atomic E-state index is 13.5. The molecule has 9 heteroatoms. The highest BCUT2D eigenvalue weighted by atomic mass is 35.5. The first-order valence-electron chi connectivity index (χ1n) is 10.3. The van der Waals surface area contributed by atoms with Crippen LogP contribution >= 0.6 is 12.4 Å². The molecule has 5 rings (SSSR count). The maximum Gasteiger partial charge on any atom is 0.228 e. The standard InChI is InChI=1S/C23H22N4O3S.ClH/c28-22(16-8-5-13-24-14-16)25-19-11-4-10-18-21(19)26-27-23(18)31(29,30)20-12-3-7-15-6-1-2-9-17(15)20;/h1-4,6-7,9-12,16,24H,5,8,13-14H2,(H,25,28)(H,26,27);1H. The molecule has 1 unspecified atom stereocenters. The van der Waals surface area contributed by atoms with Crippen LogP contribution in [-0.2, 0) is 14.6 Å². The number of benzene rings is 3. The smallest absolute Gasteiger partial charge is 0.228 e. The number of rotatable bonds is 4. The van der Waals surface area contributed by atoms with E-state index in [9.17, 15) is 13.2 Å². The Morgan fingerprint density at radius 2 is 1.75 bits per heavy atom. The fourth-order valence-electron chi connectivity index (χ4n) is 4.17. The molecule has 0 aliphatic carbocycles. The summed E-state index contributed by atoms with van der Waals surface area (Å²) in [5, 5.41) is 15.1. The summed E-state index contributed by atoms with van der Waals surface area (Å²) in [6.07, 6.45) is 1.79. The normalized spacial score (nSPS) is 16.6. The van der Waals surface area contributed by atoms with E-state index in [1.807, 2.05) is 24.3 Å². The summed E-state index contributed by atoms with van der Waals surface area (Å²) in [7, 11) is -3.86. The van der Waals surface area contributed by atoms with Crippen molar-refractivity contribution >= 4 is 55.5 Å². The van der Waals surface area contributed by atoms with Crippen molar-refractivity contribution in [1.29, 1.82) is 0 Å². The molecule has 0 radical (unpaired) electrons. The predicted octanol–water partition coefficient (Wildman–Crippen LogP) is 3.91. The van der Waals surface area contributed by atoms with Gasteiger partial charge >= 0.3 is 0 Å². The second-order valence-corrected chi connectivity index (χ2v) is 9.62. The number of halogens is 1.